The number of benzene rings is 2. The topological polar surface area (TPSA) is 78.3 Å². The van der Waals surface area contributed by atoms with Crippen molar-refractivity contribution in [3.05, 3.63) is 72.4 Å². The van der Waals surface area contributed by atoms with E-state index in [4.69, 9.17) is 9.47 Å². The van der Waals surface area contributed by atoms with Crippen LogP contribution in [0.1, 0.15) is 19.4 Å². The van der Waals surface area contributed by atoms with E-state index in [9.17, 15) is 4.79 Å². The molecule has 170 valence electrons. The van der Waals surface area contributed by atoms with E-state index in [1.54, 1.807) is 6.20 Å². The van der Waals surface area contributed by atoms with E-state index < -0.39 is 0 Å². The second-order valence-electron chi connectivity index (χ2n) is 7.20. The molecule has 4 rings (SSSR count). The number of fused-ring (bicyclic) bond motifs is 1. The Morgan fingerprint density at radius 1 is 1.06 bits per heavy atom. The van der Waals surface area contributed by atoms with Gasteiger partial charge in [0.25, 0.3) is 0 Å². The van der Waals surface area contributed by atoms with Gasteiger partial charge in [0.05, 0.1) is 23.4 Å². The van der Waals surface area contributed by atoms with E-state index in [1.165, 1.54) is 11.8 Å². The summed E-state index contributed by atoms with van der Waals surface area (Å²) in [7, 11) is 0. The summed E-state index contributed by atoms with van der Waals surface area (Å²) in [5.41, 5.74) is 2.93. The first kappa shape index (κ1) is 22.7. The molecule has 0 aliphatic heterocycles. The van der Waals surface area contributed by atoms with Gasteiger partial charge >= 0.3 is 0 Å². The molecule has 2 aromatic carbocycles. The molecule has 0 bridgehead atoms. The molecule has 0 unspecified atom stereocenters. The van der Waals surface area contributed by atoms with Crippen LogP contribution in [-0.2, 0) is 17.9 Å². The van der Waals surface area contributed by atoms with Gasteiger partial charge in [-0.25, -0.2) is 9.97 Å². The van der Waals surface area contributed by atoms with Gasteiger partial charge in [-0.2, -0.15) is 0 Å². The average molecular weight is 463 g/mol. The Kier molecular flexibility index (Phi) is 7.47. The summed E-state index contributed by atoms with van der Waals surface area (Å²) in [5, 5.41) is 3.81. The van der Waals surface area contributed by atoms with E-state index in [-0.39, 0.29) is 5.91 Å². The minimum atomic E-state index is -0.0551. The lowest BCUT2D eigenvalue weighted by atomic mass is 10.2. The summed E-state index contributed by atoms with van der Waals surface area (Å²) in [5.74, 6) is 2.17. The normalized spacial score (nSPS) is 10.8. The summed E-state index contributed by atoms with van der Waals surface area (Å²) in [6, 6.07) is 19.1. The van der Waals surface area contributed by atoms with Crippen molar-refractivity contribution in [2.45, 2.75) is 32.1 Å². The number of carbonyl (C=O) groups excluding carboxylic acids is 1. The highest BCUT2D eigenvalue weighted by Crippen LogP contribution is 2.25. The van der Waals surface area contributed by atoms with E-state index in [1.807, 2.05) is 67.6 Å². The number of carbonyl (C=O) groups is 1. The Morgan fingerprint density at radius 3 is 2.64 bits per heavy atom. The van der Waals surface area contributed by atoms with Crippen LogP contribution in [0.2, 0.25) is 0 Å². The molecule has 2 heterocycles. The number of aryl methyl sites for hydroxylation is 1. The quantitative estimate of drug-likeness (QED) is 0.332. The molecule has 33 heavy (non-hydrogen) atoms. The Hall–Kier alpha value is -3.52. The second kappa shape index (κ2) is 10.9. The lowest BCUT2D eigenvalue weighted by Crippen LogP contribution is -2.24. The number of ether oxygens (including phenoxy) is 2. The highest BCUT2D eigenvalue weighted by molar-refractivity contribution is 7.99. The lowest BCUT2D eigenvalue weighted by Gasteiger charge is -2.09. The molecular formula is C25H26N4O3S. The second-order valence-corrected chi connectivity index (χ2v) is 8.14. The van der Waals surface area contributed by atoms with Gasteiger partial charge in [-0.1, -0.05) is 23.9 Å². The molecule has 0 saturated heterocycles. The summed E-state index contributed by atoms with van der Waals surface area (Å²) in [6.07, 6.45) is 1.67. The van der Waals surface area contributed by atoms with Crippen molar-refractivity contribution in [3.63, 3.8) is 0 Å². The SMILES string of the molecule is CCOc1ccc(Oc2cc(CNC(=O)CSc3nc4ccccc4n3CC)ccn2)cc1. The van der Waals surface area contributed by atoms with Gasteiger partial charge in [0.1, 0.15) is 11.5 Å². The number of hydrogen-bond donors (Lipinski definition) is 1. The van der Waals surface area contributed by atoms with Crippen LogP contribution in [0.25, 0.3) is 11.0 Å². The van der Waals surface area contributed by atoms with Crippen molar-refractivity contribution in [1.29, 1.82) is 0 Å². The zero-order chi connectivity index (χ0) is 23.0. The molecule has 0 saturated carbocycles. The Labute approximate surface area is 197 Å². The first-order valence-electron chi connectivity index (χ1n) is 10.9. The molecule has 0 spiro atoms. The fraction of sp³-hybridized carbons (Fsp3) is 0.240. The molecule has 2 aromatic heterocycles. The molecule has 8 heteroatoms. The zero-order valence-electron chi connectivity index (χ0n) is 18.7. The van der Waals surface area contributed by atoms with Crippen LogP contribution in [0.4, 0.5) is 0 Å². The van der Waals surface area contributed by atoms with Crippen LogP contribution in [0.3, 0.4) is 0 Å². The molecule has 7 nitrogen and oxygen atoms in total. The maximum Gasteiger partial charge on any atom is 0.230 e. The maximum atomic E-state index is 12.4. The fourth-order valence-electron chi connectivity index (χ4n) is 3.36. The molecule has 0 atom stereocenters. The highest BCUT2D eigenvalue weighted by Gasteiger charge is 2.12. The highest BCUT2D eigenvalue weighted by atomic mass is 32.2. The predicted octanol–water partition coefficient (Wildman–Crippen LogP) is 5.05. The van der Waals surface area contributed by atoms with Gasteiger partial charge in [-0.15, -0.1) is 0 Å². The Bertz CT molecular complexity index is 1220. The molecule has 0 radical (unpaired) electrons. The number of pyridine rings is 1. The summed E-state index contributed by atoms with van der Waals surface area (Å²) < 4.78 is 13.4. The van der Waals surface area contributed by atoms with Crippen LogP contribution < -0.4 is 14.8 Å². The third-order valence-corrected chi connectivity index (χ3v) is 5.89. The number of para-hydroxylation sites is 2. The minimum absolute atomic E-state index is 0.0551. The smallest absolute Gasteiger partial charge is 0.230 e. The molecule has 1 N–H and O–H groups in total. The van der Waals surface area contributed by atoms with E-state index in [0.717, 1.165) is 34.0 Å². The summed E-state index contributed by atoms with van der Waals surface area (Å²) in [4.78, 5) is 21.3. The molecule has 0 aliphatic rings. The van der Waals surface area contributed by atoms with Crippen LogP contribution in [0.15, 0.2) is 72.0 Å². The Balaban J connectivity index is 1.30. The lowest BCUT2D eigenvalue weighted by molar-refractivity contribution is -0.118. The summed E-state index contributed by atoms with van der Waals surface area (Å²) >= 11 is 1.44. The first-order valence-corrected chi connectivity index (χ1v) is 11.8. The van der Waals surface area contributed by atoms with Crippen molar-refractivity contribution < 1.29 is 14.3 Å². The fourth-order valence-corrected chi connectivity index (χ4v) is 4.27. The number of aromatic nitrogens is 3. The predicted molar refractivity (Wildman–Crippen MR) is 130 cm³/mol. The van der Waals surface area contributed by atoms with E-state index in [0.29, 0.717) is 30.5 Å². The molecule has 1 amide bonds. The first-order chi connectivity index (χ1) is 16.2. The van der Waals surface area contributed by atoms with Crippen LogP contribution in [0, 0.1) is 0 Å². The van der Waals surface area contributed by atoms with E-state index >= 15 is 0 Å². The maximum absolute atomic E-state index is 12.4. The van der Waals surface area contributed by atoms with Gasteiger partial charge in [-0.3, -0.25) is 4.79 Å². The Morgan fingerprint density at radius 2 is 1.85 bits per heavy atom. The number of thioether (sulfide) groups is 1. The van der Waals surface area contributed by atoms with Crippen LogP contribution in [-0.4, -0.2) is 32.8 Å². The molecule has 0 fully saturated rings. The van der Waals surface area contributed by atoms with Crippen molar-refractivity contribution in [2.24, 2.45) is 0 Å². The molecular weight excluding hydrogens is 436 g/mol. The average Bonchev–Trinajstić information content (AvgIpc) is 3.20. The number of nitrogens with one attached hydrogen (secondary N) is 1. The van der Waals surface area contributed by atoms with Gasteiger partial charge in [0.2, 0.25) is 11.8 Å². The number of nitrogens with zero attached hydrogens (tertiary/aromatic N) is 3. The van der Waals surface area contributed by atoms with Gasteiger partial charge in [-0.05, 0) is 61.9 Å². The minimum Gasteiger partial charge on any atom is -0.494 e. The third-order valence-electron chi connectivity index (χ3n) is 4.91. The van der Waals surface area contributed by atoms with Crippen LogP contribution >= 0.6 is 11.8 Å². The van der Waals surface area contributed by atoms with Gasteiger partial charge in [0.15, 0.2) is 5.16 Å². The summed E-state index contributed by atoms with van der Waals surface area (Å²) in [6.45, 7) is 5.84. The number of imidazole rings is 1. The number of rotatable bonds is 10. The van der Waals surface area contributed by atoms with Crippen molar-refractivity contribution in [1.82, 2.24) is 19.9 Å². The van der Waals surface area contributed by atoms with Crippen molar-refractivity contribution >= 4 is 28.7 Å². The van der Waals surface area contributed by atoms with Crippen LogP contribution in [0.5, 0.6) is 17.4 Å². The largest absolute Gasteiger partial charge is 0.494 e. The van der Waals surface area contributed by atoms with Crippen molar-refractivity contribution in [2.75, 3.05) is 12.4 Å². The monoisotopic (exact) mass is 462 g/mol. The van der Waals surface area contributed by atoms with Crippen molar-refractivity contribution in [3.8, 4) is 17.4 Å². The van der Waals surface area contributed by atoms with Gasteiger partial charge in [0, 0.05) is 25.4 Å². The zero-order valence-corrected chi connectivity index (χ0v) is 19.5. The number of amides is 1. The number of hydrogen-bond acceptors (Lipinski definition) is 6. The molecule has 4 aromatic rings. The van der Waals surface area contributed by atoms with E-state index in [2.05, 4.69) is 26.8 Å². The van der Waals surface area contributed by atoms with Gasteiger partial charge < -0.3 is 19.4 Å². The molecule has 0 aliphatic carbocycles. The third kappa shape index (κ3) is 5.84. The standard InChI is InChI=1S/C25H26N4O3S/c1-3-29-22-8-6-5-7-21(22)28-25(29)33-17-23(30)27-16-18-13-14-26-24(15-18)32-20-11-9-19(10-12-20)31-4-2/h5-15H,3-4,16-17H2,1-2H3,(H,27,30).